The summed E-state index contributed by atoms with van der Waals surface area (Å²) in [5.41, 5.74) is 0.633. The van der Waals surface area contributed by atoms with E-state index in [1.165, 1.54) is 18.2 Å². The van der Waals surface area contributed by atoms with Gasteiger partial charge in [0.15, 0.2) is 6.04 Å². The summed E-state index contributed by atoms with van der Waals surface area (Å²) in [6.07, 6.45) is -3.62. The molecule has 1 aromatic rings. The molecule has 0 N–H and O–H groups in total. The van der Waals surface area contributed by atoms with Gasteiger partial charge in [0.2, 0.25) is 6.08 Å². The number of benzene rings is 1. The Morgan fingerprint density at radius 3 is 2.53 bits per heavy atom. The predicted octanol–water partition coefficient (Wildman–Crippen LogP) is 2.93. The molecule has 0 fully saturated rings. The molecule has 0 radical (unpaired) electrons. The zero-order valence-electron chi connectivity index (χ0n) is 7.88. The van der Waals surface area contributed by atoms with E-state index in [1.807, 2.05) is 0 Å². The predicted molar refractivity (Wildman–Crippen MR) is 48.1 cm³/mol. The van der Waals surface area contributed by atoms with Gasteiger partial charge in [0, 0.05) is 0 Å². The molecule has 0 aromatic heterocycles. The van der Waals surface area contributed by atoms with Gasteiger partial charge in [-0.05, 0) is 12.5 Å². The number of carbonyl (C=O) groups excluding carboxylic acids is 1. The van der Waals surface area contributed by atoms with Gasteiger partial charge in [-0.3, -0.25) is 0 Å². The Labute approximate surface area is 84.4 Å². The van der Waals surface area contributed by atoms with Gasteiger partial charge in [-0.1, -0.05) is 29.8 Å². The second-order valence-corrected chi connectivity index (χ2v) is 3.08. The first kappa shape index (κ1) is 11.5. The lowest BCUT2D eigenvalue weighted by atomic mass is 10.0. The highest BCUT2D eigenvalue weighted by molar-refractivity contribution is 5.36. The maximum absolute atomic E-state index is 12.5. The number of aryl methyl sites for hydroxylation is 1. The number of nitrogens with zero attached hydrogens (tertiary/aromatic N) is 1. The van der Waals surface area contributed by atoms with Gasteiger partial charge in [0.25, 0.3) is 0 Å². The van der Waals surface area contributed by atoms with E-state index in [0.29, 0.717) is 5.56 Å². The van der Waals surface area contributed by atoms with Crippen LogP contribution in [0.15, 0.2) is 29.3 Å². The highest BCUT2D eigenvalue weighted by Gasteiger charge is 2.41. The zero-order chi connectivity index (χ0) is 11.5. The molecule has 80 valence electrons. The monoisotopic (exact) mass is 215 g/mol. The third-order valence-corrected chi connectivity index (χ3v) is 1.85. The van der Waals surface area contributed by atoms with Crippen molar-refractivity contribution in [1.82, 2.24) is 0 Å². The van der Waals surface area contributed by atoms with Gasteiger partial charge in [-0.25, -0.2) is 4.79 Å². The summed E-state index contributed by atoms with van der Waals surface area (Å²) >= 11 is 0. The summed E-state index contributed by atoms with van der Waals surface area (Å²) in [7, 11) is 0. The first-order valence-corrected chi connectivity index (χ1v) is 4.15. The molecule has 0 saturated heterocycles. The standard InChI is InChI=1S/C10H8F3NO/c1-7-3-2-4-8(5-7)9(14-6-15)10(11,12)13/h2-5,9H,1H3. The Bertz CT molecular complexity index is 394. The van der Waals surface area contributed by atoms with E-state index in [9.17, 15) is 18.0 Å². The van der Waals surface area contributed by atoms with Gasteiger partial charge < -0.3 is 0 Å². The van der Waals surface area contributed by atoms with Crippen LogP contribution < -0.4 is 0 Å². The number of hydrogen-bond donors (Lipinski definition) is 0. The van der Waals surface area contributed by atoms with E-state index in [2.05, 4.69) is 4.99 Å². The van der Waals surface area contributed by atoms with Crippen LogP contribution in [0.5, 0.6) is 0 Å². The minimum absolute atomic E-state index is 0.0501. The maximum atomic E-state index is 12.5. The molecular formula is C10H8F3NO. The number of alkyl halides is 3. The van der Waals surface area contributed by atoms with Crippen LogP contribution in [0.4, 0.5) is 13.2 Å². The minimum Gasteiger partial charge on any atom is -0.211 e. The molecule has 0 saturated carbocycles. The Morgan fingerprint density at radius 2 is 2.07 bits per heavy atom. The van der Waals surface area contributed by atoms with Crippen LogP contribution in [0.2, 0.25) is 0 Å². The maximum Gasteiger partial charge on any atom is 0.415 e. The van der Waals surface area contributed by atoms with Crippen molar-refractivity contribution in [1.29, 1.82) is 0 Å². The highest BCUT2D eigenvalue weighted by atomic mass is 19.4. The van der Waals surface area contributed by atoms with Crippen LogP contribution >= 0.6 is 0 Å². The molecular weight excluding hydrogens is 207 g/mol. The molecule has 1 unspecified atom stereocenters. The fourth-order valence-corrected chi connectivity index (χ4v) is 1.23. The molecule has 0 heterocycles. The molecule has 0 aliphatic heterocycles. The van der Waals surface area contributed by atoms with Crippen LogP contribution in [0.1, 0.15) is 17.2 Å². The summed E-state index contributed by atoms with van der Waals surface area (Å²) < 4.78 is 37.4. The van der Waals surface area contributed by atoms with Crippen LogP contribution in [0.3, 0.4) is 0 Å². The highest BCUT2D eigenvalue weighted by Crippen LogP contribution is 2.35. The average Bonchev–Trinajstić information content (AvgIpc) is 2.12. The normalized spacial score (nSPS) is 13.1. The molecule has 0 bridgehead atoms. The summed E-state index contributed by atoms with van der Waals surface area (Å²) in [6.45, 7) is 1.67. The Hall–Kier alpha value is -1.61. The van der Waals surface area contributed by atoms with Gasteiger partial charge in [0.05, 0.1) is 0 Å². The second kappa shape index (κ2) is 4.28. The van der Waals surface area contributed by atoms with Crippen molar-refractivity contribution in [3.63, 3.8) is 0 Å². The van der Waals surface area contributed by atoms with Crippen LogP contribution in [0.25, 0.3) is 0 Å². The zero-order valence-corrected chi connectivity index (χ0v) is 7.88. The van der Waals surface area contributed by atoms with E-state index < -0.39 is 12.2 Å². The van der Waals surface area contributed by atoms with E-state index in [-0.39, 0.29) is 5.56 Å². The molecule has 1 rings (SSSR count). The summed E-state index contributed by atoms with van der Waals surface area (Å²) in [5.74, 6) is 0. The van der Waals surface area contributed by atoms with E-state index >= 15 is 0 Å². The molecule has 0 amide bonds. The van der Waals surface area contributed by atoms with Crippen molar-refractivity contribution in [2.45, 2.75) is 19.1 Å². The Morgan fingerprint density at radius 1 is 1.40 bits per heavy atom. The van der Waals surface area contributed by atoms with Crippen molar-refractivity contribution < 1.29 is 18.0 Å². The molecule has 0 aliphatic carbocycles. The quantitative estimate of drug-likeness (QED) is 0.550. The lowest BCUT2D eigenvalue weighted by Crippen LogP contribution is -2.18. The Kier molecular flexibility index (Phi) is 3.27. The van der Waals surface area contributed by atoms with Gasteiger partial charge in [-0.15, -0.1) is 0 Å². The average molecular weight is 215 g/mol. The number of hydrogen-bond acceptors (Lipinski definition) is 2. The lowest BCUT2D eigenvalue weighted by molar-refractivity contribution is -0.148. The van der Waals surface area contributed by atoms with Gasteiger partial charge >= 0.3 is 6.18 Å². The van der Waals surface area contributed by atoms with Crippen LogP contribution in [-0.2, 0) is 4.79 Å². The SMILES string of the molecule is Cc1cccc(C(N=C=O)C(F)(F)F)c1. The van der Waals surface area contributed by atoms with Crippen molar-refractivity contribution in [2.24, 2.45) is 4.99 Å². The first-order valence-electron chi connectivity index (χ1n) is 4.15. The van der Waals surface area contributed by atoms with E-state index in [1.54, 1.807) is 13.0 Å². The Balaban J connectivity index is 3.16. The van der Waals surface area contributed by atoms with Gasteiger partial charge in [0.1, 0.15) is 0 Å². The fourth-order valence-electron chi connectivity index (χ4n) is 1.23. The minimum atomic E-state index is -4.56. The largest absolute Gasteiger partial charge is 0.415 e. The van der Waals surface area contributed by atoms with Crippen molar-refractivity contribution in [2.75, 3.05) is 0 Å². The first-order chi connectivity index (χ1) is 6.95. The molecule has 1 atom stereocenters. The third kappa shape index (κ3) is 2.92. The second-order valence-electron chi connectivity index (χ2n) is 3.08. The van der Waals surface area contributed by atoms with Crippen molar-refractivity contribution >= 4 is 6.08 Å². The summed E-state index contributed by atoms with van der Waals surface area (Å²) in [5, 5.41) is 0. The lowest BCUT2D eigenvalue weighted by Gasteiger charge is -2.15. The van der Waals surface area contributed by atoms with E-state index in [4.69, 9.17) is 0 Å². The number of rotatable bonds is 2. The van der Waals surface area contributed by atoms with E-state index in [0.717, 1.165) is 6.08 Å². The van der Waals surface area contributed by atoms with Crippen molar-refractivity contribution in [3.8, 4) is 0 Å². The smallest absolute Gasteiger partial charge is 0.211 e. The fraction of sp³-hybridized carbons (Fsp3) is 0.300. The number of halogens is 3. The van der Waals surface area contributed by atoms with Crippen LogP contribution in [0, 0.1) is 6.92 Å². The van der Waals surface area contributed by atoms with Crippen molar-refractivity contribution in [3.05, 3.63) is 35.4 Å². The third-order valence-electron chi connectivity index (χ3n) is 1.85. The molecule has 1 aromatic carbocycles. The molecule has 5 heteroatoms. The number of isocyanates is 1. The molecule has 2 nitrogen and oxygen atoms in total. The number of aliphatic imine (C=N–C) groups is 1. The molecule has 0 spiro atoms. The molecule has 15 heavy (non-hydrogen) atoms. The van der Waals surface area contributed by atoms with Crippen LogP contribution in [-0.4, -0.2) is 12.3 Å². The van der Waals surface area contributed by atoms with Gasteiger partial charge in [-0.2, -0.15) is 18.2 Å². The topological polar surface area (TPSA) is 29.4 Å². The summed E-state index contributed by atoms with van der Waals surface area (Å²) in [4.78, 5) is 12.7. The molecule has 0 aliphatic rings. The summed E-state index contributed by atoms with van der Waals surface area (Å²) in [6, 6.07) is 3.67.